The SMILES string of the molecule is C[n+]1ccc(/C=C/c2ccc(Br)cc2)cc1.[I-]. The normalized spacial score (nSPS) is 10.2. The van der Waals surface area contributed by atoms with Gasteiger partial charge in [0.05, 0.1) is 0 Å². The number of pyridine rings is 1. The molecule has 2 rings (SSSR count). The van der Waals surface area contributed by atoms with Crippen LogP contribution in [0.5, 0.6) is 0 Å². The molecule has 0 aliphatic rings. The highest BCUT2D eigenvalue weighted by molar-refractivity contribution is 9.10. The molecule has 2 aromatic rings. The van der Waals surface area contributed by atoms with Gasteiger partial charge in [-0.15, -0.1) is 0 Å². The second-order valence-electron chi connectivity index (χ2n) is 3.68. The molecule has 0 fully saturated rings. The van der Waals surface area contributed by atoms with Gasteiger partial charge in [0.15, 0.2) is 12.4 Å². The monoisotopic (exact) mass is 401 g/mol. The van der Waals surface area contributed by atoms with Gasteiger partial charge in [-0.25, -0.2) is 4.57 Å². The van der Waals surface area contributed by atoms with Gasteiger partial charge in [0, 0.05) is 16.6 Å². The van der Waals surface area contributed by atoms with Crippen molar-refractivity contribution in [3.05, 3.63) is 64.4 Å². The van der Waals surface area contributed by atoms with Gasteiger partial charge < -0.3 is 24.0 Å². The van der Waals surface area contributed by atoms with Crippen molar-refractivity contribution in [2.75, 3.05) is 0 Å². The molecule has 0 unspecified atom stereocenters. The molecule has 0 spiro atoms. The van der Waals surface area contributed by atoms with Gasteiger partial charge in [0.2, 0.25) is 0 Å². The van der Waals surface area contributed by atoms with E-state index < -0.39 is 0 Å². The number of benzene rings is 1. The fourth-order valence-electron chi connectivity index (χ4n) is 1.39. The molecule has 0 saturated heterocycles. The second kappa shape index (κ2) is 6.91. The summed E-state index contributed by atoms with van der Waals surface area (Å²) in [6.07, 6.45) is 8.31. The molecular weight excluding hydrogens is 389 g/mol. The Balaban J connectivity index is 0.00000144. The molecule has 0 amide bonds. The second-order valence-corrected chi connectivity index (χ2v) is 4.60. The Morgan fingerprint density at radius 2 is 1.35 bits per heavy atom. The fourth-order valence-corrected chi connectivity index (χ4v) is 1.65. The molecular formula is C14H13BrIN. The molecule has 0 aliphatic carbocycles. The molecule has 0 bridgehead atoms. The van der Waals surface area contributed by atoms with Gasteiger partial charge in [-0.1, -0.05) is 40.2 Å². The highest BCUT2D eigenvalue weighted by Crippen LogP contribution is 2.12. The zero-order chi connectivity index (χ0) is 11.4. The molecule has 3 heteroatoms. The van der Waals surface area contributed by atoms with Gasteiger partial charge in [0.25, 0.3) is 0 Å². The van der Waals surface area contributed by atoms with Crippen LogP contribution >= 0.6 is 15.9 Å². The van der Waals surface area contributed by atoms with Gasteiger partial charge in [-0.05, 0) is 23.3 Å². The summed E-state index contributed by atoms with van der Waals surface area (Å²) < 4.78 is 3.13. The van der Waals surface area contributed by atoms with Crippen molar-refractivity contribution in [3.63, 3.8) is 0 Å². The number of aromatic nitrogens is 1. The largest absolute Gasteiger partial charge is 1.00 e. The van der Waals surface area contributed by atoms with E-state index >= 15 is 0 Å². The first-order valence-corrected chi connectivity index (χ1v) is 5.92. The van der Waals surface area contributed by atoms with E-state index in [1.807, 2.05) is 36.1 Å². The summed E-state index contributed by atoms with van der Waals surface area (Å²) in [5, 5.41) is 0. The Labute approximate surface area is 127 Å². The molecule has 1 heterocycles. The minimum absolute atomic E-state index is 0. The average molecular weight is 402 g/mol. The highest BCUT2D eigenvalue weighted by atomic mass is 127. The van der Waals surface area contributed by atoms with E-state index in [1.165, 1.54) is 11.1 Å². The Hall–Kier alpha value is -0.680. The summed E-state index contributed by atoms with van der Waals surface area (Å²) in [6.45, 7) is 0. The van der Waals surface area contributed by atoms with Crippen LogP contribution in [0.2, 0.25) is 0 Å². The topological polar surface area (TPSA) is 3.88 Å². The Bertz CT molecular complexity index is 441. The van der Waals surface area contributed by atoms with Crippen LogP contribution in [0.4, 0.5) is 0 Å². The number of hydrogen-bond donors (Lipinski definition) is 0. The van der Waals surface area contributed by atoms with Crippen LogP contribution in [-0.2, 0) is 7.05 Å². The zero-order valence-electron chi connectivity index (χ0n) is 9.48. The van der Waals surface area contributed by atoms with E-state index in [4.69, 9.17) is 0 Å². The van der Waals surface area contributed by atoms with E-state index in [0.717, 1.165) is 4.47 Å². The van der Waals surface area contributed by atoms with Crippen LogP contribution in [0.15, 0.2) is 53.3 Å². The summed E-state index contributed by atoms with van der Waals surface area (Å²) in [7, 11) is 2.02. The maximum Gasteiger partial charge on any atom is 0.169 e. The molecule has 0 N–H and O–H groups in total. The molecule has 0 atom stereocenters. The quantitative estimate of drug-likeness (QED) is 0.508. The third-order valence-corrected chi connectivity index (χ3v) is 2.87. The van der Waals surface area contributed by atoms with Crippen LogP contribution in [0.1, 0.15) is 11.1 Å². The molecule has 88 valence electrons. The van der Waals surface area contributed by atoms with Crippen molar-refractivity contribution in [1.82, 2.24) is 0 Å². The third kappa shape index (κ3) is 4.60. The van der Waals surface area contributed by atoms with E-state index in [2.05, 4.69) is 52.3 Å². The number of rotatable bonds is 2. The van der Waals surface area contributed by atoms with Crippen LogP contribution < -0.4 is 28.5 Å². The molecule has 1 aromatic carbocycles. The van der Waals surface area contributed by atoms with Crippen molar-refractivity contribution < 1.29 is 28.5 Å². The smallest absolute Gasteiger partial charge is 0.169 e. The lowest BCUT2D eigenvalue weighted by atomic mass is 10.1. The average Bonchev–Trinajstić information content (AvgIpc) is 2.30. The minimum atomic E-state index is 0. The lowest BCUT2D eigenvalue weighted by molar-refractivity contribution is -0.671. The Kier molecular flexibility index (Phi) is 5.85. The predicted molar refractivity (Wildman–Crippen MR) is 70.7 cm³/mol. The lowest BCUT2D eigenvalue weighted by Crippen LogP contribution is -3.00. The number of halogens is 2. The number of aryl methyl sites for hydroxylation is 1. The summed E-state index contributed by atoms with van der Waals surface area (Å²) in [5.41, 5.74) is 2.41. The first-order valence-electron chi connectivity index (χ1n) is 5.13. The molecule has 0 aliphatic heterocycles. The molecule has 1 aromatic heterocycles. The van der Waals surface area contributed by atoms with Crippen LogP contribution in [0.25, 0.3) is 12.2 Å². The van der Waals surface area contributed by atoms with Gasteiger partial charge in [-0.3, -0.25) is 0 Å². The van der Waals surface area contributed by atoms with E-state index in [-0.39, 0.29) is 24.0 Å². The summed E-state index contributed by atoms with van der Waals surface area (Å²) in [6, 6.07) is 12.5. The minimum Gasteiger partial charge on any atom is -1.00 e. The van der Waals surface area contributed by atoms with Crippen molar-refractivity contribution in [3.8, 4) is 0 Å². The lowest BCUT2D eigenvalue weighted by Gasteiger charge is -1.94. The first kappa shape index (κ1) is 14.4. The standard InChI is InChI=1S/C14H13BrN.HI/c1-16-10-8-13(9-11-16)3-2-12-4-6-14(15)7-5-12;/h2-11H,1H3;1H/q+1;/p-1/b3-2+;. The molecule has 17 heavy (non-hydrogen) atoms. The predicted octanol–water partition coefficient (Wildman–Crippen LogP) is 0.448. The summed E-state index contributed by atoms with van der Waals surface area (Å²) >= 11 is 3.42. The van der Waals surface area contributed by atoms with Crippen LogP contribution in [0.3, 0.4) is 0 Å². The highest BCUT2D eigenvalue weighted by Gasteiger charge is 1.92. The maximum absolute atomic E-state index is 3.42. The molecule has 1 nitrogen and oxygen atoms in total. The van der Waals surface area contributed by atoms with Gasteiger partial charge in [0.1, 0.15) is 7.05 Å². The Morgan fingerprint density at radius 3 is 1.88 bits per heavy atom. The van der Waals surface area contributed by atoms with Crippen molar-refractivity contribution in [1.29, 1.82) is 0 Å². The van der Waals surface area contributed by atoms with E-state index in [9.17, 15) is 0 Å². The van der Waals surface area contributed by atoms with Crippen LogP contribution in [-0.4, -0.2) is 0 Å². The molecule has 0 saturated carbocycles. The summed E-state index contributed by atoms with van der Waals surface area (Å²) in [4.78, 5) is 0. The van der Waals surface area contributed by atoms with E-state index in [1.54, 1.807) is 0 Å². The van der Waals surface area contributed by atoms with E-state index in [0.29, 0.717) is 0 Å². The third-order valence-electron chi connectivity index (χ3n) is 2.34. The van der Waals surface area contributed by atoms with Crippen molar-refractivity contribution in [2.45, 2.75) is 0 Å². The summed E-state index contributed by atoms with van der Waals surface area (Å²) in [5.74, 6) is 0. The molecule has 0 radical (unpaired) electrons. The zero-order valence-corrected chi connectivity index (χ0v) is 13.2. The van der Waals surface area contributed by atoms with Crippen LogP contribution in [0, 0.1) is 0 Å². The van der Waals surface area contributed by atoms with Gasteiger partial charge >= 0.3 is 0 Å². The first-order chi connectivity index (χ1) is 7.74. The number of hydrogen-bond acceptors (Lipinski definition) is 0. The van der Waals surface area contributed by atoms with Gasteiger partial charge in [-0.2, -0.15) is 0 Å². The van der Waals surface area contributed by atoms with Crippen molar-refractivity contribution in [2.24, 2.45) is 7.05 Å². The van der Waals surface area contributed by atoms with Crippen molar-refractivity contribution >= 4 is 28.1 Å². The Morgan fingerprint density at radius 1 is 0.882 bits per heavy atom. The maximum atomic E-state index is 3.42. The fraction of sp³-hybridized carbons (Fsp3) is 0.0714. The number of nitrogens with zero attached hydrogens (tertiary/aromatic N) is 1.